The summed E-state index contributed by atoms with van der Waals surface area (Å²) in [4.78, 5) is 27.4. The van der Waals surface area contributed by atoms with Gasteiger partial charge in [-0.25, -0.2) is 13.9 Å². The van der Waals surface area contributed by atoms with Crippen molar-refractivity contribution >= 4 is 34.9 Å². The molecule has 0 unspecified atom stereocenters. The molecule has 1 aliphatic heterocycles. The Morgan fingerprint density at radius 3 is 2.67 bits per heavy atom. The third-order valence-corrected chi connectivity index (χ3v) is 5.56. The first kappa shape index (κ1) is 22.8. The number of hydrogen-bond donors (Lipinski definition) is 2. The van der Waals surface area contributed by atoms with Crippen molar-refractivity contribution in [2.75, 3.05) is 23.8 Å². The number of aromatic nitrogens is 2. The number of urea groups is 1. The first-order valence-corrected chi connectivity index (χ1v) is 10.9. The van der Waals surface area contributed by atoms with Crippen LogP contribution in [0, 0.1) is 5.82 Å². The summed E-state index contributed by atoms with van der Waals surface area (Å²) >= 11 is 5.89. The number of carbonyl (C=O) groups excluding carboxylic acids is 2. The highest BCUT2D eigenvalue weighted by Crippen LogP contribution is 2.25. The van der Waals surface area contributed by atoms with E-state index < -0.39 is 23.8 Å². The molecule has 10 heteroatoms. The quantitative estimate of drug-likeness (QED) is 0.560. The summed E-state index contributed by atoms with van der Waals surface area (Å²) in [5.41, 5.74) is 1.09. The van der Waals surface area contributed by atoms with Gasteiger partial charge in [0.25, 0.3) is 0 Å². The fourth-order valence-corrected chi connectivity index (χ4v) is 3.87. The van der Waals surface area contributed by atoms with Gasteiger partial charge < -0.3 is 20.3 Å². The number of likely N-dealkylation sites (tertiary alicyclic amines) is 1. The van der Waals surface area contributed by atoms with Gasteiger partial charge in [-0.1, -0.05) is 11.6 Å². The molecule has 0 spiro atoms. The van der Waals surface area contributed by atoms with Crippen molar-refractivity contribution in [3.05, 3.63) is 71.8 Å². The SMILES string of the molecule is CCO[C@@H]1C[C@H](C(=O)Nc2ccc(-n3cccn3)cc2F)N(C(=O)Nc2ccc(Cl)cc2)C1. The van der Waals surface area contributed by atoms with Gasteiger partial charge in [0.15, 0.2) is 0 Å². The van der Waals surface area contributed by atoms with Crippen LogP contribution in [0.1, 0.15) is 13.3 Å². The first-order chi connectivity index (χ1) is 15.9. The molecule has 1 saturated heterocycles. The Hall–Kier alpha value is -3.43. The van der Waals surface area contributed by atoms with E-state index in [1.807, 2.05) is 6.92 Å². The fraction of sp³-hybridized carbons (Fsp3) is 0.261. The molecule has 0 saturated carbocycles. The van der Waals surface area contributed by atoms with E-state index in [4.69, 9.17) is 16.3 Å². The molecular formula is C23H23ClFN5O3. The fourth-order valence-electron chi connectivity index (χ4n) is 3.74. The van der Waals surface area contributed by atoms with Gasteiger partial charge >= 0.3 is 6.03 Å². The number of benzene rings is 2. The maximum Gasteiger partial charge on any atom is 0.322 e. The summed E-state index contributed by atoms with van der Waals surface area (Å²) in [5.74, 6) is -1.10. The molecule has 1 aromatic heterocycles. The van der Waals surface area contributed by atoms with Gasteiger partial charge in [-0.2, -0.15) is 5.10 Å². The highest BCUT2D eigenvalue weighted by molar-refractivity contribution is 6.30. The summed E-state index contributed by atoms with van der Waals surface area (Å²) in [7, 11) is 0. The van der Waals surface area contributed by atoms with Crippen molar-refractivity contribution < 1.29 is 18.7 Å². The predicted octanol–water partition coefficient (Wildman–Crippen LogP) is 4.31. The number of nitrogens with one attached hydrogen (secondary N) is 2. The van der Waals surface area contributed by atoms with Gasteiger partial charge in [-0.15, -0.1) is 0 Å². The lowest BCUT2D eigenvalue weighted by atomic mass is 10.1. The molecule has 0 radical (unpaired) electrons. The molecule has 1 fully saturated rings. The lowest BCUT2D eigenvalue weighted by molar-refractivity contribution is -0.119. The van der Waals surface area contributed by atoms with Gasteiger partial charge in [-0.3, -0.25) is 4.79 Å². The van der Waals surface area contributed by atoms with Crippen LogP contribution < -0.4 is 10.6 Å². The highest BCUT2D eigenvalue weighted by Gasteiger charge is 2.40. The zero-order valence-electron chi connectivity index (χ0n) is 17.9. The highest BCUT2D eigenvalue weighted by atomic mass is 35.5. The molecule has 0 bridgehead atoms. The van der Waals surface area contributed by atoms with E-state index in [1.165, 1.54) is 21.7 Å². The molecule has 3 aromatic rings. The second kappa shape index (κ2) is 10.0. The third kappa shape index (κ3) is 5.32. The molecule has 8 nitrogen and oxygen atoms in total. The molecule has 2 N–H and O–H groups in total. The second-order valence-corrected chi connectivity index (χ2v) is 7.96. The number of hydrogen-bond acceptors (Lipinski definition) is 4. The molecule has 33 heavy (non-hydrogen) atoms. The molecule has 0 aliphatic carbocycles. The zero-order chi connectivity index (χ0) is 23.4. The van der Waals surface area contributed by atoms with Crippen LogP contribution in [0.15, 0.2) is 60.9 Å². The Morgan fingerprint density at radius 1 is 1.21 bits per heavy atom. The summed E-state index contributed by atoms with van der Waals surface area (Å²) in [6.45, 7) is 2.54. The van der Waals surface area contributed by atoms with Crippen LogP contribution in [0.2, 0.25) is 5.02 Å². The predicted molar refractivity (Wildman–Crippen MR) is 123 cm³/mol. The number of anilines is 2. The van der Waals surface area contributed by atoms with Crippen LogP contribution in [0.5, 0.6) is 0 Å². The number of rotatable bonds is 6. The van der Waals surface area contributed by atoms with Crippen molar-refractivity contribution in [2.45, 2.75) is 25.5 Å². The van der Waals surface area contributed by atoms with Crippen molar-refractivity contribution in [3.63, 3.8) is 0 Å². The van der Waals surface area contributed by atoms with Gasteiger partial charge in [0.1, 0.15) is 11.9 Å². The summed E-state index contributed by atoms with van der Waals surface area (Å²) in [5, 5.41) is 9.98. The molecule has 2 aromatic carbocycles. The van der Waals surface area contributed by atoms with Gasteiger partial charge in [0.05, 0.1) is 17.5 Å². The molecule has 4 rings (SSSR count). The zero-order valence-corrected chi connectivity index (χ0v) is 18.6. The Balaban J connectivity index is 1.48. The standard InChI is InChI=1S/C23H23ClFN5O3/c1-2-33-18-13-21(29(14-18)23(32)27-16-6-4-15(24)5-7-16)22(31)28-20-9-8-17(12-19(20)25)30-11-3-10-26-30/h3-12,18,21H,2,13-14H2,1H3,(H,27,32)(H,28,31)/t18-,21-/m1/s1. The van der Waals surface area contributed by atoms with Crippen molar-refractivity contribution in [1.82, 2.24) is 14.7 Å². The van der Waals surface area contributed by atoms with Gasteiger partial charge in [-0.05, 0) is 49.4 Å². The molecule has 3 amide bonds. The Bertz CT molecular complexity index is 1120. The number of carbonyl (C=O) groups is 2. The number of nitrogens with zero attached hydrogens (tertiary/aromatic N) is 3. The molecular weight excluding hydrogens is 449 g/mol. The van der Waals surface area contributed by atoms with E-state index in [2.05, 4.69) is 15.7 Å². The Labute approximate surface area is 195 Å². The summed E-state index contributed by atoms with van der Waals surface area (Å²) in [6, 6.07) is 11.5. The maximum atomic E-state index is 14.7. The van der Waals surface area contributed by atoms with Crippen LogP contribution in [-0.2, 0) is 9.53 Å². The first-order valence-electron chi connectivity index (χ1n) is 10.5. The Morgan fingerprint density at radius 2 is 2.00 bits per heavy atom. The third-order valence-electron chi connectivity index (χ3n) is 5.30. The van der Waals surface area contributed by atoms with Crippen molar-refractivity contribution in [3.8, 4) is 5.69 Å². The van der Waals surface area contributed by atoms with E-state index in [-0.39, 0.29) is 18.3 Å². The van der Waals surface area contributed by atoms with E-state index in [9.17, 15) is 14.0 Å². The topological polar surface area (TPSA) is 88.5 Å². The smallest absolute Gasteiger partial charge is 0.322 e. The van der Waals surface area contributed by atoms with Crippen LogP contribution in [0.3, 0.4) is 0 Å². The van der Waals surface area contributed by atoms with Crippen molar-refractivity contribution in [1.29, 1.82) is 0 Å². The average molecular weight is 472 g/mol. The molecule has 2 heterocycles. The van der Waals surface area contributed by atoms with Crippen LogP contribution in [-0.4, -0.2) is 51.9 Å². The molecule has 2 atom stereocenters. The number of amides is 3. The van der Waals surface area contributed by atoms with Gasteiger partial charge in [0, 0.05) is 48.7 Å². The lowest BCUT2D eigenvalue weighted by Gasteiger charge is -2.24. The van der Waals surface area contributed by atoms with Crippen LogP contribution in [0.4, 0.5) is 20.6 Å². The average Bonchev–Trinajstić information content (AvgIpc) is 3.47. The monoisotopic (exact) mass is 471 g/mol. The second-order valence-electron chi connectivity index (χ2n) is 7.52. The van der Waals surface area contributed by atoms with E-state index in [1.54, 1.807) is 48.8 Å². The minimum absolute atomic E-state index is 0.0221. The normalized spacial score (nSPS) is 17.7. The van der Waals surface area contributed by atoms with Gasteiger partial charge in [0.2, 0.25) is 5.91 Å². The number of ether oxygens (including phenoxy) is 1. The van der Waals surface area contributed by atoms with Crippen molar-refractivity contribution in [2.24, 2.45) is 0 Å². The summed E-state index contributed by atoms with van der Waals surface area (Å²) < 4.78 is 21.9. The minimum atomic E-state index is -0.820. The van der Waals surface area contributed by atoms with E-state index >= 15 is 0 Å². The summed E-state index contributed by atoms with van der Waals surface area (Å²) in [6.07, 6.45) is 3.29. The maximum absolute atomic E-state index is 14.7. The molecule has 1 aliphatic rings. The van der Waals surface area contributed by atoms with E-state index in [0.717, 1.165) is 0 Å². The lowest BCUT2D eigenvalue weighted by Crippen LogP contribution is -2.45. The van der Waals surface area contributed by atoms with Crippen LogP contribution in [0.25, 0.3) is 5.69 Å². The van der Waals surface area contributed by atoms with Crippen LogP contribution >= 0.6 is 11.6 Å². The van der Waals surface area contributed by atoms with E-state index in [0.29, 0.717) is 29.4 Å². The Kier molecular flexibility index (Phi) is 6.90. The largest absolute Gasteiger partial charge is 0.377 e. The molecule has 172 valence electrons. The number of halogens is 2. The minimum Gasteiger partial charge on any atom is -0.377 e.